The van der Waals surface area contributed by atoms with Crippen LogP contribution in [0.1, 0.15) is 56.9 Å². The number of amides is 1. The second kappa shape index (κ2) is 7.87. The summed E-state index contributed by atoms with van der Waals surface area (Å²) in [5, 5.41) is 4.01. The average molecular weight is 357 g/mol. The molecule has 3 N–H and O–H groups in total. The molecule has 5 heteroatoms. The zero-order valence-electron chi connectivity index (χ0n) is 13.4. The van der Waals surface area contributed by atoms with Gasteiger partial charge in [-0.1, -0.05) is 36.6 Å². The van der Waals surface area contributed by atoms with Gasteiger partial charge in [-0.15, -0.1) is 12.4 Å². The van der Waals surface area contributed by atoms with Crippen LogP contribution < -0.4 is 11.1 Å². The Bertz CT molecular complexity index is 536. The quantitative estimate of drug-likeness (QED) is 0.860. The molecule has 0 spiro atoms. The topological polar surface area (TPSA) is 55.1 Å². The molecule has 0 heterocycles. The molecule has 0 atom stereocenters. The number of rotatable bonds is 3. The normalized spacial score (nSPS) is 26.3. The van der Waals surface area contributed by atoms with E-state index in [0.717, 1.165) is 56.9 Å². The predicted molar refractivity (Wildman–Crippen MR) is 97.2 cm³/mol. The Kier molecular flexibility index (Phi) is 6.35. The Morgan fingerprint density at radius 2 is 1.83 bits per heavy atom. The van der Waals surface area contributed by atoms with Crippen molar-refractivity contribution in [3.8, 4) is 0 Å². The van der Waals surface area contributed by atoms with E-state index in [0.29, 0.717) is 11.1 Å². The van der Waals surface area contributed by atoms with Gasteiger partial charge in [0.2, 0.25) is 5.91 Å². The monoisotopic (exact) mass is 356 g/mol. The lowest BCUT2D eigenvalue weighted by atomic mass is 9.77. The van der Waals surface area contributed by atoms with E-state index >= 15 is 0 Å². The summed E-state index contributed by atoms with van der Waals surface area (Å²) in [6.07, 6.45) is 8.07. The van der Waals surface area contributed by atoms with Crippen LogP contribution in [0.2, 0.25) is 5.02 Å². The Balaban J connectivity index is 0.00000192. The molecule has 0 radical (unpaired) electrons. The number of nitrogens with one attached hydrogen (secondary N) is 1. The van der Waals surface area contributed by atoms with Gasteiger partial charge in [0.25, 0.3) is 0 Å². The summed E-state index contributed by atoms with van der Waals surface area (Å²) >= 11 is 6.15. The molecule has 128 valence electrons. The summed E-state index contributed by atoms with van der Waals surface area (Å²) in [7, 11) is 0. The molecular formula is C18H26Cl2N2O. The van der Waals surface area contributed by atoms with Crippen LogP contribution in [-0.4, -0.2) is 18.0 Å². The molecule has 1 aromatic rings. The molecule has 1 amide bonds. The summed E-state index contributed by atoms with van der Waals surface area (Å²) in [5.74, 6) is 0.188. The minimum Gasteiger partial charge on any atom is -0.353 e. The van der Waals surface area contributed by atoms with Crippen molar-refractivity contribution in [2.24, 2.45) is 5.73 Å². The number of benzene rings is 1. The Morgan fingerprint density at radius 3 is 2.43 bits per heavy atom. The lowest BCUT2D eigenvalue weighted by Crippen LogP contribution is -2.48. The van der Waals surface area contributed by atoms with Gasteiger partial charge in [0.15, 0.2) is 0 Å². The summed E-state index contributed by atoms with van der Waals surface area (Å²) in [5.41, 5.74) is 6.64. The van der Waals surface area contributed by atoms with Crippen LogP contribution in [0.15, 0.2) is 24.3 Å². The van der Waals surface area contributed by atoms with Gasteiger partial charge in [-0.25, -0.2) is 0 Å². The van der Waals surface area contributed by atoms with Crippen LogP contribution in [0.3, 0.4) is 0 Å². The number of hydrogen-bond acceptors (Lipinski definition) is 2. The molecule has 0 saturated heterocycles. The number of halogens is 2. The lowest BCUT2D eigenvalue weighted by molar-refractivity contribution is -0.127. The predicted octanol–water partition coefficient (Wildman–Crippen LogP) is 3.96. The summed E-state index contributed by atoms with van der Waals surface area (Å²) in [6.45, 7) is 0. The van der Waals surface area contributed by atoms with Crippen LogP contribution in [0, 0.1) is 0 Å². The largest absolute Gasteiger partial charge is 0.353 e. The molecule has 2 aliphatic rings. The smallest absolute Gasteiger partial charge is 0.230 e. The standard InChI is InChI=1S/C18H25ClN2O.ClH/c19-14-5-3-4-13(12-14)18(10-1-2-11-18)17(22)21-16-8-6-15(20)7-9-16;/h3-5,12,15-16H,1-2,6-11,20H2,(H,21,22);1H. The van der Waals surface area contributed by atoms with Crippen LogP contribution in [0.4, 0.5) is 0 Å². The number of hydrogen-bond donors (Lipinski definition) is 2. The molecule has 3 rings (SSSR count). The van der Waals surface area contributed by atoms with Gasteiger partial charge in [-0.2, -0.15) is 0 Å². The van der Waals surface area contributed by atoms with Gasteiger partial charge < -0.3 is 11.1 Å². The van der Waals surface area contributed by atoms with Crippen LogP contribution in [0.25, 0.3) is 0 Å². The number of carbonyl (C=O) groups is 1. The second-order valence-corrected chi connectivity index (χ2v) is 7.32. The zero-order valence-corrected chi connectivity index (χ0v) is 15.0. The first-order valence-corrected chi connectivity index (χ1v) is 8.80. The molecule has 2 aliphatic carbocycles. The fourth-order valence-corrected chi connectivity index (χ4v) is 4.19. The van der Waals surface area contributed by atoms with Crippen molar-refractivity contribution in [1.29, 1.82) is 0 Å². The summed E-state index contributed by atoms with van der Waals surface area (Å²) < 4.78 is 0. The van der Waals surface area contributed by atoms with Gasteiger partial charge in [-0.05, 0) is 56.2 Å². The fraction of sp³-hybridized carbons (Fsp3) is 0.611. The number of carbonyl (C=O) groups excluding carboxylic acids is 1. The second-order valence-electron chi connectivity index (χ2n) is 6.88. The van der Waals surface area contributed by atoms with Crippen molar-refractivity contribution in [2.45, 2.75) is 68.9 Å². The van der Waals surface area contributed by atoms with Gasteiger partial charge >= 0.3 is 0 Å². The maximum Gasteiger partial charge on any atom is 0.230 e. The highest BCUT2D eigenvalue weighted by molar-refractivity contribution is 6.30. The van der Waals surface area contributed by atoms with E-state index in [4.69, 9.17) is 17.3 Å². The summed E-state index contributed by atoms with van der Waals surface area (Å²) in [6, 6.07) is 8.42. The SMILES string of the molecule is Cl.NC1CCC(NC(=O)C2(c3cccc(Cl)c3)CCCC2)CC1. The minimum absolute atomic E-state index is 0. The average Bonchev–Trinajstić information content (AvgIpc) is 3.00. The summed E-state index contributed by atoms with van der Waals surface area (Å²) in [4.78, 5) is 13.0. The molecule has 0 unspecified atom stereocenters. The highest BCUT2D eigenvalue weighted by Gasteiger charge is 2.43. The van der Waals surface area contributed by atoms with E-state index in [2.05, 4.69) is 5.32 Å². The molecule has 0 aromatic heterocycles. The first kappa shape index (κ1) is 18.6. The fourth-order valence-electron chi connectivity index (χ4n) is 4.00. The van der Waals surface area contributed by atoms with Crippen molar-refractivity contribution < 1.29 is 4.79 Å². The third-order valence-corrected chi connectivity index (χ3v) is 5.61. The van der Waals surface area contributed by atoms with E-state index in [9.17, 15) is 4.79 Å². The number of nitrogens with two attached hydrogens (primary N) is 1. The van der Waals surface area contributed by atoms with E-state index in [1.54, 1.807) is 0 Å². The van der Waals surface area contributed by atoms with Crippen LogP contribution in [-0.2, 0) is 10.2 Å². The molecule has 1 aromatic carbocycles. The maximum atomic E-state index is 13.0. The Hall–Kier alpha value is -0.770. The third-order valence-electron chi connectivity index (χ3n) is 5.38. The van der Waals surface area contributed by atoms with Gasteiger partial charge in [0, 0.05) is 17.1 Å². The van der Waals surface area contributed by atoms with Gasteiger partial charge in [0.1, 0.15) is 0 Å². The van der Waals surface area contributed by atoms with Crippen molar-refractivity contribution in [2.75, 3.05) is 0 Å². The van der Waals surface area contributed by atoms with E-state index < -0.39 is 0 Å². The van der Waals surface area contributed by atoms with Crippen LogP contribution in [0.5, 0.6) is 0 Å². The van der Waals surface area contributed by atoms with Crippen molar-refractivity contribution in [3.05, 3.63) is 34.9 Å². The molecule has 3 nitrogen and oxygen atoms in total. The Labute approximate surface area is 149 Å². The Morgan fingerprint density at radius 1 is 1.17 bits per heavy atom. The highest BCUT2D eigenvalue weighted by atomic mass is 35.5. The first-order chi connectivity index (χ1) is 10.6. The van der Waals surface area contributed by atoms with Gasteiger partial charge in [0.05, 0.1) is 5.41 Å². The molecule has 0 aliphatic heterocycles. The van der Waals surface area contributed by atoms with Gasteiger partial charge in [-0.3, -0.25) is 4.79 Å². The highest BCUT2D eigenvalue weighted by Crippen LogP contribution is 2.42. The van der Waals surface area contributed by atoms with Crippen LogP contribution >= 0.6 is 24.0 Å². The molecule has 2 fully saturated rings. The van der Waals surface area contributed by atoms with Crippen molar-refractivity contribution in [1.82, 2.24) is 5.32 Å². The van der Waals surface area contributed by atoms with E-state index in [1.807, 2.05) is 24.3 Å². The van der Waals surface area contributed by atoms with E-state index in [-0.39, 0.29) is 29.8 Å². The first-order valence-electron chi connectivity index (χ1n) is 8.43. The van der Waals surface area contributed by atoms with Crippen molar-refractivity contribution in [3.63, 3.8) is 0 Å². The van der Waals surface area contributed by atoms with E-state index in [1.165, 1.54) is 0 Å². The molecular weight excluding hydrogens is 331 g/mol. The molecule has 23 heavy (non-hydrogen) atoms. The molecule has 0 bridgehead atoms. The molecule has 2 saturated carbocycles. The minimum atomic E-state index is -0.384. The lowest BCUT2D eigenvalue weighted by Gasteiger charge is -2.33. The van der Waals surface area contributed by atoms with Crippen molar-refractivity contribution >= 4 is 29.9 Å². The maximum absolute atomic E-state index is 13.0. The zero-order chi connectivity index (χ0) is 15.6. The third kappa shape index (κ3) is 4.01.